The lowest BCUT2D eigenvalue weighted by Gasteiger charge is -2.32. The fraction of sp³-hybridized carbons (Fsp3) is 0.394. The van der Waals surface area contributed by atoms with Crippen LogP contribution in [0.4, 0.5) is 5.69 Å². The molecule has 1 unspecified atom stereocenters. The molecule has 2 amide bonds. The Balaban J connectivity index is 1.94. The molecule has 0 radical (unpaired) electrons. The highest BCUT2D eigenvalue weighted by Crippen LogP contribution is 2.31. The van der Waals surface area contributed by atoms with Gasteiger partial charge in [-0.25, -0.2) is 8.42 Å². The molecule has 3 aromatic rings. The molecular formula is C33H41Cl2N3O5S. The maximum Gasteiger partial charge on any atom is 0.243 e. The fourth-order valence-electron chi connectivity index (χ4n) is 4.75. The Morgan fingerprint density at radius 1 is 0.932 bits per heavy atom. The second-order valence-corrected chi connectivity index (χ2v) is 13.6. The first-order chi connectivity index (χ1) is 20.9. The van der Waals surface area contributed by atoms with Crippen LogP contribution >= 0.6 is 23.2 Å². The monoisotopic (exact) mass is 661 g/mol. The Morgan fingerprint density at radius 2 is 1.57 bits per heavy atom. The maximum absolute atomic E-state index is 14.0. The predicted molar refractivity (Wildman–Crippen MR) is 178 cm³/mol. The summed E-state index contributed by atoms with van der Waals surface area (Å²) in [5.41, 5.74) is 1.82. The van der Waals surface area contributed by atoms with Gasteiger partial charge in [-0.15, -0.1) is 0 Å². The summed E-state index contributed by atoms with van der Waals surface area (Å²) in [7, 11) is -3.69. The number of halogens is 2. The summed E-state index contributed by atoms with van der Waals surface area (Å²) in [5, 5.41) is 3.75. The van der Waals surface area contributed by atoms with Crippen LogP contribution in [-0.4, -0.2) is 57.1 Å². The van der Waals surface area contributed by atoms with Crippen LogP contribution < -0.4 is 14.4 Å². The second-order valence-electron chi connectivity index (χ2n) is 10.9. The lowest BCUT2D eigenvalue weighted by Crippen LogP contribution is -2.51. The number of amides is 2. The zero-order valence-corrected chi connectivity index (χ0v) is 28.0. The number of benzene rings is 3. The standard InChI is InChI=1S/C33H41Cl2N3O5S/c1-5-43-31-18-10-9-17-29(31)38(44(4,41)42)20-12-19-32(39)37(23-26-27(34)15-11-16-28(26)35)30(33(40)36-22-24(2)3)21-25-13-7-6-8-14-25/h6-11,13-18,24,30H,5,12,19-23H2,1-4H3,(H,36,40). The van der Waals surface area contributed by atoms with Crippen molar-refractivity contribution in [1.82, 2.24) is 10.2 Å². The second kappa shape index (κ2) is 16.7. The zero-order chi connectivity index (χ0) is 32.3. The minimum absolute atomic E-state index is 0.00685. The van der Waals surface area contributed by atoms with Crippen molar-refractivity contribution in [3.8, 4) is 5.75 Å². The van der Waals surface area contributed by atoms with Crippen molar-refractivity contribution < 1.29 is 22.7 Å². The molecule has 0 aliphatic heterocycles. The molecule has 3 aromatic carbocycles. The largest absolute Gasteiger partial charge is 0.492 e. The van der Waals surface area contributed by atoms with Crippen molar-refractivity contribution >= 4 is 50.7 Å². The summed E-state index contributed by atoms with van der Waals surface area (Å²) in [6, 6.07) is 20.6. The number of anilines is 1. The first-order valence-corrected chi connectivity index (χ1v) is 17.3. The van der Waals surface area contributed by atoms with Crippen LogP contribution in [0.2, 0.25) is 10.0 Å². The molecule has 0 heterocycles. The molecule has 0 aliphatic carbocycles. The van der Waals surface area contributed by atoms with E-state index in [0.29, 0.717) is 40.2 Å². The van der Waals surface area contributed by atoms with Gasteiger partial charge in [-0.1, -0.05) is 85.6 Å². The number of nitrogens with zero attached hydrogens (tertiary/aromatic N) is 2. The van der Waals surface area contributed by atoms with Gasteiger partial charge in [-0.05, 0) is 49.1 Å². The number of para-hydroxylation sites is 2. The first-order valence-electron chi connectivity index (χ1n) is 14.7. The summed E-state index contributed by atoms with van der Waals surface area (Å²) in [6.07, 6.45) is 1.58. The molecule has 1 atom stereocenters. The van der Waals surface area contributed by atoms with Gasteiger partial charge in [-0.2, -0.15) is 0 Å². The van der Waals surface area contributed by atoms with E-state index >= 15 is 0 Å². The third-order valence-electron chi connectivity index (χ3n) is 6.93. The summed E-state index contributed by atoms with van der Waals surface area (Å²) in [6.45, 7) is 6.68. The maximum atomic E-state index is 14.0. The van der Waals surface area contributed by atoms with E-state index in [4.69, 9.17) is 27.9 Å². The first kappa shape index (κ1) is 35.2. The molecule has 0 aromatic heterocycles. The Hall–Kier alpha value is -3.27. The number of hydrogen-bond donors (Lipinski definition) is 1. The highest BCUT2D eigenvalue weighted by atomic mass is 35.5. The van der Waals surface area contributed by atoms with E-state index in [0.717, 1.165) is 11.8 Å². The number of carbonyl (C=O) groups is 2. The number of sulfonamides is 1. The van der Waals surface area contributed by atoms with Crippen molar-refractivity contribution in [3.63, 3.8) is 0 Å². The minimum atomic E-state index is -3.69. The van der Waals surface area contributed by atoms with Gasteiger partial charge in [0.05, 0.1) is 18.6 Å². The molecule has 0 saturated heterocycles. The highest BCUT2D eigenvalue weighted by Gasteiger charge is 2.31. The average molecular weight is 663 g/mol. The number of ether oxygens (including phenoxy) is 1. The van der Waals surface area contributed by atoms with Gasteiger partial charge in [0.1, 0.15) is 11.8 Å². The lowest BCUT2D eigenvalue weighted by molar-refractivity contribution is -0.141. The molecule has 238 valence electrons. The van der Waals surface area contributed by atoms with Gasteiger partial charge < -0.3 is 15.0 Å². The van der Waals surface area contributed by atoms with Crippen LogP contribution in [0.5, 0.6) is 5.75 Å². The summed E-state index contributed by atoms with van der Waals surface area (Å²) in [5.74, 6) is 0.0298. The van der Waals surface area contributed by atoms with E-state index in [1.165, 1.54) is 9.21 Å². The normalized spacial score (nSPS) is 12.1. The number of hydrogen-bond acceptors (Lipinski definition) is 5. The Morgan fingerprint density at radius 3 is 2.18 bits per heavy atom. The Bertz CT molecular complexity index is 1480. The van der Waals surface area contributed by atoms with Gasteiger partial charge in [0.25, 0.3) is 0 Å². The van der Waals surface area contributed by atoms with Crippen molar-refractivity contribution in [2.75, 3.05) is 30.3 Å². The van der Waals surface area contributed by atoms with Gasteiger partial charge in [0.2, 0.25) is 21.8 Å². The number of carbonyl (C=O) groups excluding carboxylic acids is 2. The van der Waals surface area contributed by atoms with Crippen LogP contribution in [0, 0.1) is 5.92 Å². The highest BCUT2D eigenvalue weighted by molar-refractivity contribution is 7.92. The molecule has 0 spiro atoms. The van der Waals surface area contributed by atoms with E-state index in [1.807, 2.05) is 51.1 Å². The van der Waals surface area contributed by atoms with Crippen molar-refractivity contribution in [3.05, 3.63) is 94.0 Å². The van der Waals surface area contributed by atoms with E-state index in [2.05, 4.69) is 5.32 Å². The van der Waals surface area contributed by atoms with Crippen molar-refractivity contribution in [1.29, 1.82) is 0 Å². The van der Waals surface area contributed by atoms with E-state index in [1.54, 1.807) is 42.5 Å². The summed E-state index contributed by atoms with van der Waals surface area (Å²) >= 11 is 13.0. The summed E-state index contributed by atoms with van der Waals surface area (Å²) in [4.78, 5) is 29.2. The molecule has 0 fully saturated rings. The Labute approximate surface area is 271 Å². The van der Waals surface area contributed by atoms with Gasteiger partial charge in [0.15, 0.2) is 0 Å². The van der Waals surface area contributed by atoms with Gasteiger partial charge in [-0.3, -0.25) is 13.9 Å². The molecular weight excluding hydrogens is 621 g/mol. The summed E-state index contributed by atoms with van der Waals surface area (Å²) < 4.78 is 32.6. The third-order valence-corrected chi connectivity index (χ3v) is 8.82. The molecule has 44 heavy (non-hydrogen) atoms. The predicted octanol–water partition coefficient (Wildman–Crippen LogP) is 6.35. The molecule has 0 aliphatic rings. The molecule has 1 N–H and O–H groups in total. The van der Waals surface area contributed by atoms with Crippen molar-refractivity contribution in [2.24, 2.45) is 5.92 Å². The molecule has 0 bridgehead atoms. The van der Waals surface area contributed by atoms with E-state index < -0.39 is 16.1 Å². The van der Waals surface area contributed by atoms with Crippen LogP contribution in [-0.2, 0) is 32.6 Å². The minimum Gasteiger partial charge on any atom is -0.492 e. The fourth-order valence-corrected chi connectivity index (χ4v) is 6.24. The number of nitrogens with one attached hydrogen (secondary N) is 1. The average Bonchev–Trinajstić information content (AvgIpc) is 2.97. The molecule has 3 rings (SSSR count). The van der Waals surface area contributed by atoms with Crippen molar-refractivity contribution in [2.45, 2.75) is 52.6 Å². The van der Waals surface area contributed by atoms with Crippen LogP contribution in [0.3, 0.4) is 0 Å². The van der Waals surface area contributed by atoms with E-state index in [9.17, 15) is 18.0 Å². The quantitative estimate of drug-likeness (QED) is 0.193. The van der Waals surface area contributed by atoms with E-state index in [-0.39, 0.29) is 50.1 Å². The van der Waals surface area contributed by atoms with Crippen LogP contribution in [0.25, 0.3) is 0 Å². The van der Waals surface area contributed by atoms with Gasteiger partial charge >= 0.3 is 0 Å². The zero-order valence-electron chi connectivity index (χ0n) is 25.6. The molecule has 0 saturated carbocycles. The molecule has 11 heteroatoms. The lowest BCUT2D eigenvalue weighted by atomic mass is 10.0. The molecule has 8 nitrogen and oxygen atoms in total. The SMILES string of the molecule is CCOc1ccccc1N(CCCC(=O)N(Cc1c(Cl)cccc1Cl)C(Cc1ccccc1)C(=O)NCC(C)C)S(C)(=O)=O. The number of rotatable bonds is 16. The van der Waals surface area contributed by atoms with Crippen LogP contribution in [0.1, 0.15) is 44.7 Å². The third kappa shape index (κ3) is 10.1. The Kier molecular flexibility index (Phi) is 13.4. The smallest absolute Gasteiger partial charge is 0.243 e. The van der Waals surface area contributed by atoms with Gasteiger partial charge in [0, 0.05) is 48.1 Å². The topological polar surface area (TPSA) is 96.0 Å². The van der Waals surface area contributed by atoms with Crippen LogP contribution in [0.15, 0.2) is 72.8 Å².